The molecule has 0 spiro atoms. The van der Waals surface area contributed by atoms with E-state index in [1.807, 2.05) is 0 Å². The molecule has 3 N–H and O–H groups in total. The molecule has 0 bridgehead atoms. The van der Waals surface area contributed by atoms with Crippen LogP contribution in [0, 0.1) is 11.8 Å². The summed E-state index contributed by atoms with van der Waals surface area (Å²) < 4.78 is 39.0. The number of halogens is 3. The number of nitrogens with two attached hydrogens (primary N) is 1. The van der Waals surface area contributed by atoms with Gasteiger partial charge in [-0.2, -0.15) is 13.2 Å². The Morgan fingerprint density at radius 3 is 2.29 bits per heavy atom. The predicted molar refractivity (Wildman–Crippen MR) is 78.0 cm³/mol. The molecule has 2 aliphatic carbocycles. The van der Waals surface area contributed by atoms with Gasteiger partial charge in [0.2, 0.25) is 0 Å². The Morgan fingerprint density at radius 2 is 1.62 bits per heavy atom. The van der Waals surface area contributed by atoms with E-state index in [1.165, 1.54) is 19.3 Å². The Kier molecular flexibility index (Phi) is 5.76. The number of nitrogens with zero attached hydrogens (tertiary/aromatic N) is 1. The lowest BCUT2D eigenvalue weighted by Gasteiger charge is -2.32. The highest BCUT2D eigenvalue weighted by atomic mass is 19.4. The zero-order chi connectivity index (χ0) is 15.3. The van der Waals surface area contributed by atoms with Crippen molar-refractivity contribution >= 4 is 5.96 Å². The SMILES string of the molecule is NC(=NCC1CCCCC1C(F)(F)F)NC1CCCCC1. The second-order valence-corrected chi connectivity index (χ2v) is 6.40. The van der Waals surface area contributed by atoms with E-state index in [9.17, 15) is 13.2 Å². The van der Waals surface area contributed by atoms with Crippen molar-refractivity contribution in [3.8, 4) is 0 Å². The van der Waals surface area contributed by atoms with Gasteiger partial charge in [-0.15, -0.1) is 0 Å². The first-order chi connectivity index (χ1) is 9.97. The minimum Gasteiger partial charge on any atom is -0.370 e. The Bertz CT molecular complexity index is 349. The fourth-order valence-corrected chi connectivity index (χ4v) is 3.57. The first kappa shape index (κ1) is 16.4. The molecule has 2 fully saturated rings. The molecule has 0 aliphatic heterocycles. The average Bonchev–Trinajstić information content (AvgIpc) is 2.45. The van der Waals surface area contributed by atoms with Gasteiger partial charge < -0.3 is 11.1 Å². The number of nitrogens with one attached hydrogen (secondary N) is 1. The first-order valence-corrected chi connectivity index (χ1v) is 8.10. The molecule has 122 valence electrons. The van der Waals surface area contributed by atoms with Crippen LogP contribution in [0.3, 0.4) is 0 Å². The fraction of sp³-hybridized carbons (Fsp3) is 0.933. The Morgan fingerprint density at radius 1 is 1.00 bits per heavy atom. The average molecular weight is 305 g/mol. The van der Waals surface area contributed by atoms with Crippen LogP contribution in [0.5, 0.6) is 0 Å². The van der Waals surface area contributed by atoms with Crippen LogP contribution in [-0.2, 0) is 0 Å². The van der Waals surface area contributed by atoms with Crippen molar-refractivity contribution < 1.29 is 13.2 Å². The molecule has 21 heavy (non-hydrogen) atoms. The summed E-state index contributed by atoms with van der Waals surface area (Å²) in [4.78, 5) is 4.19. The molecule has 0 aromatic rings. The molecule has 0 heterocycles. The Hall–Kier alpha value is -0.940. The number of rotatable bonds is 3. The summed E-state index contributed by atoms with van der Waals surface area (Å²) in [7, 11) is 0. The van der Waals surface area contributed by atoms with Crippen molar-refractivity contribution in [3.63, 3.8) is 0 Å². The normalized spacial score (nSPS) is 29.4. The molecule has 2 unspecified atom stereocenters. The second-order valence-electron chi connectivity index (χ2n) is 6.40. The highest BCUT2D eigenvalue weighted by Crippen LogP contribution is 2.41. The third kappa shape index (κ3) is 5.08. The number of hydrogen-bond donors (Lipinski definition) is 2. The zero-order valence-corrected chi connectivity index (χ0v) is 12.5. The second kappa shape index (κ2) is 7.36. The van der Waals surface area contributed by atoms with Gasteiger partial charge in [0.05, 0.1) is 5.92 Å². The molecule has 0 aromatic heterocycles. The molecule has 0 amide bonds. The zero-order valence-electron chi connectivity index (χ0n) is 12.5. The van der Waals surface area contributed by atoms with E-state index in [0.717, 1.165) is 19.3 Å². The van der Waals surface area contributed by atoms with Gasteiger partial charge >= 0.3 is 6.18 Å². The van der Waals surface area contributed by atoms with Crippen molar-refractivity contribution in [2.45, 2.75) is 70.0 Å². The lowest BCUT2D eigenvalue weighted by molar-refractivity contribution is -0.195. The summed E-state index contributed by atoms with van der Waals surface area (Å²) in [6.07, 6.45) is 4.03. The molecule has 6 heteroatoms. The van der Waals surface area contributed by atoms with Gasteiger partial charge in [-0.3, -0.25) is 4.99 Å². The molecule has 0 saturated heterocycles. The monoisotopic (exact) mass is 305 g/mol. The molecular weight excluding hydrogens is 279 g/mol. The molecule has 2 rings (SSSR count). The Balaban J connectivity index is 1.85. The highest BCUT2D eigenvalue weighted by Gasteiger charge is 2.45. The summed E-state index contributed by atoms with van der Waals surface area (Å²) in [5.41, 5.74) is 5.83. The Labute approximate surface area is 124 Å². The summed E-state index contributed by atoms with van der Waals surface area (Å²) >= 11 is 0. The van der Waals surface area contributed by atoms with Crippen molar-refractivity contribution in [1.29, 1.82) is 0 Å². The molecular formula is C15H26F3N3. The van der Waals surface area contributed by atoms with E-state index in [0.29, 0.717) is 24.8 Å². The lowest BCUT2D eigenvalue weighted by Crippen LogP contribution is -2.42. The van der Waals surface area contributed by atoms with Gasteiger partial charge in [-0.05, 0) is 31.6 Å². The molecule has 2 aliphatic rings. The quantitative estimate of drug-likeness (QED) is 0.618. The minimum atomic E-state index is -4.10. The number of guanidine groups is 1. The molecule has 0 aromatic carbocycles. The van der Waals surface area contributed by atoms with Crippen LogP contribution in [0.2, 0.25) is 0 Å². The van der Waals surface area contributed by atoms with E-state index in [-0.39, 0.29) is 13.0 Å². The summed E-state index contributed by atoms with van der Waals surface area (Å²) in [5.74, 6) is -1.31. The standard InChI is InChI=1S/C15H26F3N3/c16-15(17,18)13-9-5-4-6-11(13)10-20-14(19)21-12-7-2-1-3-8-12/h11-13H,1-10H2,(H3,19,20,21). The van der Waals surface area contributed by atoms with Crippen LogP contribution in [0.4, 0.5) is 13.2 Å². The van der Waals surface area contributed by atoms with Crippen LogP contribution in [-0.4, -0.2) is 24.7 Å². The van der Waals surface area contributed by atoms with Crippen molar-refractivity contribution in [2.75, 3.05) is 6.54 Å². The van der Waals surface area contributed by atoms with Gasteiger partial charge in [0, 0.05) is 12.6 Å². The van der Waals surface area contributed by atoms with E-state index < -0.39 is 18.0 Å². The van der Waals surface area contributed by atoms with Gasteiger partial charge in [-0.25, -0.2) is 0 Å². The van der Waals surface area contributed by atoms with Crippen LogP contribution >= 0.6 is 0 Å². The summed E-state index contributed by atoms with van der Waals surface area (Å²) in [6.45, 7) is 0.190. The van der Waals surface area contributed by atoms with E-state index >= 15 is 0 Å². The maximum absolute atomic E-state index is 13.0. The van der Waals surface area contributed by atoms with Gasteiger partial charge in [0.1, 0.15) is 0 Å². The van der Waals surface area contributed by atoms with Crippen LogP contribution in [0.1, 0.15) is 57.8 Å². The van der Waals surface area contributed by atoms with Gasteiger partial charge in [0.25, 0.3) is 0 Å². The molecule has 3 nitrogen and oxygen atoms in total. The third-order valence-electron chi connectivity index (χ3n) is 4.78. The maximum Gasteiger partial charge on any atom is 0.392 e. The largest absolute Gasteiger partial charge is 0.392 e. The fourth-order valence-electron chi connectivity index (χ4n) is 3.57. The van der Waals surface area contributed by atoms with Crippen molar-refractivity contribution in [3.05, 3.63) is 0 Å². The molecule has 2 saturated carbocycles. The number of hydrogen-bond acceptors (Lipinski definition) is 1. The molecule has 2 atom stereocenters. The minimum absolute atomic E-state index is 0.190. The van der Waals surface area contributed by atoms with E-state index in [2.05, 4.69) is 10.3 Å². The third-order valence-corrected chi connectivity index (χ3v) is 4.78. The van der Waals surface area contributed by atoms with E-state index in [1.54, 1.807) is 0 Å². The maximum atomic E-state index is 13.0. The van der Waals surface area contributed by atoms with E-state index in [4.69, 9.17) is 5.73 Å². The summed E-state index contributed by atoms with van der Waals surface area (Å²) in [6, 6.07) is 0.340. The summed E-state index contributed by atoms with van der Waals surface area (Å²) in [5, 5.41) is 3.16. The number of alkyl halides is 3. The van der Waals surface area contributed by atoms with Crippen molar-refractivity contribution in [1.82, 2.24) is 5.32 Å². The highest BCUT2D eigenvalue weighted by molar-refractivity contribution is 5.78. The first-order valence-electron chi connectivity index (χ1n) is 8.10. The predicted octanol–water partition coefficient (Wildman–Crippen LogP) is 3.59. The van der Waals surface area contributed by atoms with Crippen LogP contribution < -0.4 is 11.1 Å². The van der Waals surface area contributed by atoms with Crippen LogP contribution in [0.15, 0.2) is 4.99 Å². The van der Waals surface area contributed by atoms with Gasteiger partial charge in [0.15, 0.2) is 5.96 Å². The topological polar surface area (TPSA) is 50.4 Å². The van der Waals surface area contributed by atoms with Crippen LogP contribution in [0.25, 0.3) is 0 Å². The molecule has 0 radical (unpaired) electrons. The van der Waals surface area contributed by atoms with Gasteiger partial charge in [-0.1, -0.05) is 32.1 Å². The lowest BCUT2D eigenvalue weighted by atomic mass is 9.79. The van der Waals surface area contributed by atoms with Crippen molar-refractivity contribution in [2.24, 2.45) is 22.6 Å². The number of aliphatic imine (C=N–C) groups is 1. The smallest absolute Gasteiger partial charge is 0.370 e.